The normalized spacial score (nSPS) is 20.5. The Balaban J connectivity index is 1.42. The van der Waals surface area contributed by atoms with E-state index >= 15 is 0 Å². The number of esters is 1. The van der Waals surface area contributed by atoms with Crippen molar-refractivity contribution in [3.63, 3.8) is 0 Å². The van der Waals surface area contributed by atoms with E-state index in [-0.39, 0.29) is 35.7 Å². The fourth-order valence-corrected chi connectivity index (χ4v) is 6.66. The average molecular weight is 515 g/mol. The number of ether oxygens (including phenoxy) is 3. The zero-order valence-electron chi connectivity index (χ0n) is 20.2. The molecule has 2 aromatic carbocycles. The van der Waals surface area contributed by atoms with Crippen molar-refractivity contribution in [2.24, 2.45) is 5.92 Å². The van der Waals surface area contributed by atoms with Gasteiger partial charge in [-0.15, -0.1) is 0 Å². The molecule has 1 atom stereocenters. The topological polar surface area (TPSA) is 102 Å². The number of rotatable bonds is 5. The fourth-order valence-electron chi connectivity index (χ4n) is 5.09. The molecule has 3 aliphatic rings. The standard InChI is InChI=1S/C26H30N2O7S/c1-2-33-26(30)18-9-11-27(12-10-18)25(29)22-15-19-5-3-4-6-20(19)17-28(22)36(31,32)21-7-8-23-24(16-21)35-14-13-34-23/h3-8,16,18,22H,2,9-15,17H2,1H3/t22-/m0/s1. The quantitative estimate of drug-likeness (QED) is 0.565. The van der Waals surface area contributed by atoms with Crippen LogP contribution in [0.25, 0.3) is 0 Å². The van der Waals surface area contributed by atoms with Crippen LogP contribution in [0.15, 0.2) is 47.4 Å². The first-order valence-corrected chi connectivity index (χ1v) is 13.8. The minimum atomic E-state index is -4.03. The van der Waals surface area contributed by atoms with Crippen molar-refractivity contribution < 1.29 is 32.2 Å². The van der Waals surface area contributed by atoms with Gasteiger partial charge in [0.25, 0.3) is 0 Å². The van der Waals surface area contributed by atoms with E-state index < -0.39 is 16.1 Å². The van der Waals surface area contributed by atoms with Gasteiger partial charge >= 0.3 is 5.97 Å². The molecule has 0 bridgehead atoms. The van der Waals surface area contributed by atoms with Crippen LogP contribution in [0.1, 0.15) is 30.9 Å². The zero-order chi connectivity index (χ0) is 25.3. The number of hydrogen-bond acceptors (Lipinski definition) is 7. The number of amides is 1. The van der Waals surface area contributed by atoms with Gasteiger partial charge in [0, 0.05) is 25.7 Å². The van der Waals surface area contributed by atoms with Crippen molar-refractivity contribution in [3.05, 3.63) is 53.6 Å². The van der Waals surface area contributed by atoms with Crippen LogP contribution in [0.2, 0.25) is 0 Å². The maximum Gasteiger partial charge on any atom is 0.309 e. The average Bonchev–Trinajstić information content (AvgIpc) is 2.91. The summed E-state index contributed by atoms with van der Waals surface area (Å²) < 4.78 is 45.4. The van der Waals surface area contributed by atoms with Gasteiger partial charge in [-0.3, -0.25) is 9.59 Å². The maximum absolute atomic E-state index is 13.9. The Kier molecular flexibility index (Phi) is 6.90. The van der Waals surface area contributed by atoms with Crippen LogP contribution >= 0.6 is 0 Å². The molecule has 0 aliphatic carbocycles. The number of nitrogens with zero attached hydrogens (tertiary/aromatic N) is 2. The number of sulfonamides is 1. The highest BCUT2D eigenvalue weighted by atomic mass is 32.2. The van der Waals surface area contributed by atoms with Crippen LogP contribution in [0.4, 0.5) is 0 Å². The lowest BCUT2D eigenvalue weighted by molar-refractivity contribution is -0.151. The van der Waals surface area contributed by atoms with Crippen LogP contribution in [0.5, 0.6) is 11.5 Å². The number of benzene rings is 2. The first-order valence-electron chi connectivity index (χ1n) is 12.3. The zero-order valence-corrected chi connectivity index (χ0v) is 21.0. The van der Waals surface area contributed by atoms with Crippen molar-refractivity contribution in [2.75, 3.05) is 32.9 Å². The molecule has 0 N–H and O–H groups in total. The lowest BCUT2D eigenvalue weighted by Crippen LogP contribution is -2.55. The van der Waals surface area contributed by atoms with Crippen molar-refractivity contribution >= 4 is 21.9 Å². The predicted molar refractivity (Wildman–Crippen MR) is 130 cm³/mol. The number of carbonyl (C=O) groups excluding carboxylic acids is 2. The highest BCUT2D eigenvalue weighted by Crippen LogP contribution is 2.36. The number of fused-ring (bicyclic) bond motifs is 2. The summed E-state index contributed by atoms with van der Waals surface area (Å²) in [6.45, 7) is 3.72. The molecule has 1 amide bonds. The molecule has 9 nitrogen and oxygen atoms in total. The van der Waals surface area contributed by atoms with Crippen LogP contribution in [0, 0.1) is 5.92 Å². The number of piperidine rings is 1. The van der Waals surface area contributed by atoms with Gasteiger partial charge in [-0.2, -0.15) is 4.31 Å². The number of carbonyl (C=O) groups is 2. The van der Waals surface area contributed by atoms with Gasteiger partial charge < -0.3 is 19.1 Å². The van der Waals surface area contributed by atoms with Gasteiger partial charge in [0.05, 0.1) is 17.4 Å². The molecule has 3 aliphatic heterocycles. The molecular weight excluding hydrogens is 484 g/mol. The molecule has 0 saturated carbocycles. The van der Waals surface area contributed by atoms with Gasteiger partial charge in [0.1, 0.15) is 19.3 Å². The summed E-state index contributed by atoms with van der Waals surface area (Å²) in [5, 5.41) is 0. The monoisotopic (exact) mass is 514 g/mol. The van der Waals surface area contributed by atoms with Crippen LogP contribution < -0.4 is 9.47 Å². The Morgan fingerprint density at radius 2 is 1.69 bits per heavy atom. The second-order valence-corrected chi connectivity index (χ2v) is 11.1. The summed E-state index contributed by atoms with van der Waals surface area (Å²) in [6.07, 6.45) is 1.29. The van der Waals surface area contributed by atoms with Crippen molar-refractivity contribution in [2.45, 2.75) is 43.7 Å². The maximum atomic E-state index is 13.9. The molecule has 3 heterocycles. The van der Waals surface area contributed by atoms with Crippen molar-refractivity contribution in [1.29, 1.82) is 0 Å². The van der Waals surface area contributed by atoms with Gasteiger partial charge in [-0.25, -0.2) is 8.42 Å². The second-order valence-electron chi connectivity index (χ2n) is 9.20. The van der Waals surface area contributed by atoms with E-state index in [1.807, 2.05) is 24.3 Å². The molecule has 1 fully saturated rings. The molecule has 0 spiro atoms. The molecule has 192 valence electrons. The SMILES string of the molecule is CCOC(=O)C1CCN(C(=O)[C@@H]2Cc3ccccc3CN2S(=O)(=O)c2ccc3c(c2)OCCO3)CC1. The third-order valence-corrected chi connectivity index (χ3v) is 8.89. The van der Waals surface area contributed by atoms with E-state index in [0.717, 1.165) is 11.1 Å². The van der Waals surface area contributed by atoms with E-state index in [9.17, 15) is 18.0 Å². The molecule has 2 aromatic rings. The lowest BCUT2D eigenvalue weighted by atomic mass is 9.93. The van der Waals surface area contributed by atoms with Crippen LogP contribution in [0.3, 0.4) is 0 Å². The molecule has 10 heteroatoms. The Hall–Kier alpha value is -3.11. The Labute approximate surface area is 211 Å². The molecule has 0 aromatic heterocycles. The Morgan fingerprint density at radius 3 is 2.42 bits per heavy atom. The van der Waals surface area contributed by atoms with E-state index in [1.165, 1.54) is 16.4 Å². The highest BCUT2D eigenvalue weighted by molar-refractivity contribution is 7.89. The molecule has 5 rings (SSSR count). The van der Waals surface area contributed by atoms with E-state index in [0.29, 0.717) is 57.3 Å². The highest BCUT2D eigenvalue weighted by Gasteiger charge is 2.42. The lowest BCUT2D eigenvalue weighted by Gasteiger charge is -2.39. The van der Waals surface area contributed by atoms with Gasteiger partial charge in [0.2, 0.25) is 15.9 Å². The van der Waals surface area contributed by atoms with Crippen LogP contribution in [-0.4, -0.2) is 68.5 Å². The second kappa shape index (κ2) is 10.1. The van der Waals surface area contributed by atoms with E-state index in [2.05, 4.69) is 0 Å². The van der Waals surface area contributed by atoms with Crippen molar-refractivity contribution in [1.82, 2.24) is 9.21 Å². The largest absolute Gasteiger partial charge is 0.486 e. The summed E-state index contributed by atoms with van der Waals surface area (Å²) in [4.78, 5) is 27.6. The van der Waals surface area contributed by atoms with Crippen molar-refractivity contribution in [3.8, 4) is 11.5 Å². The summed E-state index contributed by atoms with van der Waals surface area (Å²) >= 11 is 0. The third-order valence-electron chi connectivity index (χ3n) is 7.04. The Morgan fingerprint density at radius 1 is 1.00 bits per heavy atom. The molecule has 0 unspecified atom stereocenters. The summed E-state index contributed by atoms with van der Waals surface area (Å²) in [5.74, 6) is 0.163. The van der Waals surface area contributed by atoms with E-state index in [1.54, 1.807) is 17.9 Å². The van der Waals surface area contributed by atoms with Gasteiger partial charge in [-0.1, -0.05) is 24.3 Å². The number of likely N-dealkylation sites (tertiary alicyclic amines) is 1. The summed E-state index contributed by atoms with van der Waals surface area (Å²) in [6, 6.07) is 11.3. The molecule has 36 heavy (non-hydrogen) atoms. The minimum Gasteiger partial charge on any atom is -0.486 e. The fraction of sp³-hybridized carbons (Fsp3) is 0.462. The molecule has 0 radical (unpaired) electrons. The first-order chi connectivity index (χ1) is 17.4. The number of hydrogen-bond donors (Lipinski definition) is 0. The molecule has 1 saturated heterocycles. The summed E-state index contributed by atoms with van der Waals surface area (Å²) in [5.41, 5.74) is 1.84. The minimum absolute atomic E-state index is 0.0601. The smallest absolute Gasteiger partial charge is 0.309 e. The predicted octanol–water partition coefficient (Wildman–Crippen LogP) is 2.38. The first kappa shape index (κ1) is 24.6. The Bertz CT molecular complexity index is 1250. The van der Waals surface area contributed by atoms with Gasteiger partial charge in [0.15, 0.2) is 11.5 Å². The van der Waals surface area contributed by atoms with E-state index in [4.69, 9.17) is 14.2 Å². The van der Waals surface area contributed by atoms with Gasteiger partial charge in [-0.05, 0) is 49.4 Å². The van der Waals surface area contributed by atoms with Crippen LogP contribution in [-0.2, 0) is 37.3 Å². The third kappa shape index (κ3) is 4.67. The summed E-state index contributed by atoms with van der Waals surface area (Å²) in [7, 11) is -4.03. The molecular formula is C26H30N2O7S.